The van der Waals surface area contributed by atoms with Crippen LogP contribution in [0.2, 0.25) is 0 Å². The van der Waals surface area contributed by atoms with Crippen LogP contribution in [0.5, 0.6) is 0 Å². The first-order valence-corrected chi connectivity index (χ1v) is 9.59. The van der Waals surface area contributed by atoms with E-state index in [-0.39, 0.29) is 10.1 Å². The van der Waals surface area contributed by atoms with Crippen molar-refractivity contribution in [3.8, 4) is 0 Å². The summed E-state index contributed by atoms with van der Waals surface area (Å²) in [7, 11) is 1.23. The molecule has 30 heavy (non-hydrogen) atoms. The number of hydrogen-bond acceptors (Lipinski definition) is 9. The van der Waals surface area contributed by atoms with E-state index < -0.39 is 23.6 Å². The van der Waals surface area contributed by atoms with Crippen molar-refractivity contribution in [1.29, 1.82) is 0 Å². The van der Waals surface area contributed by atoms with Crippen LogP contribution in [0.4, 0.5) is 4.79 Å². The first-order valence-electron chi connectivity index (χ1n) is 8.77. The van der Waals surface area contributed by atoms with Gasteiger partial charge in [0, 0.05) is 11.5 Å². The van der Waals surface area contributed by atoms with Gasteiger partial charge in [-0.2, -0.15) is 14.9 Å². The van der Waals surface area contributed by atoms with Gasteiger partial charge in [-0.1, -0.05) is 6.07 Å². The number of fused-ring (bicyclic) bond motifs is 1. The van der Waals surface area contributed by atoms with E-state index in [1.807, 2.05) is 0 Å². The highest BCUT2D eigenvalue weighted by Crippen LogP contribution is 2.23. The Balaban J connectivity index is 1.73. The van der Waals surface area contributed by atoms with Crippen LogP contribution < -0.4 is 5.32 Å². The molecule has 1 N–H and O–H groups in total. The zero-order chi connectivity index (χ0) is 21.9. The standard InChI is InChI=1S/C19H19N5O5S/c1-19(2,3)29-18(27)24-13-6-5-11(7-12(13)10-21-24)9-20-23-17-22-16(26)14(30-17)8-15(25)28-4/h5-10H,1-4H3,(H,22,23,26)/b14-8+,20-9?. The minimum absolute atomic E-state index is 0.173. The molecule has 2 aromatic rings. The summed E-state index contributed by atoms with van der Waals surface area (Å²) >= 11 is 0.982. The van der Waals surface area contributed by atoms with Gasteiger partial charge in [-0.25, -0.2) is 9.59 Å². The summed E-state index contributed by atoms with van der Waals surface area (Å²) in [5.74, 6) is -1.08. The van der Waals surface area contributed by atoms with Gasteiger partial charge in [0.05, 0.1) is 29.9 Å². The number of esters is 1. The molecule has 11 heteroatoms. The Labute approximate surface area is 176 Å². The Morgan fingerprint density at radius 2 is 2.07 bits per heavy atom. The molecule has 0 aliphatic carbocycles. The van der Waals surface area contributed by atoms with E-state index in [0.717, 1.165) is 28.8 Å². The molecule has 1 saturated heterocycles. The molecular formula is C19H19N5O5S. The van der Waals surface area contributed by atoms with Gasteiger partial charge >= 0.3 is 12.1 Å². The van der Waals surface area contributed by atoms with E-state index in [4.69, 9.17) is 4.74 Å². The highest BCUT2D eigenvalue weighted by Gasteiger charge is 2.25. The number of amidine groups is 1. The Bertz CT molecular complexity index is 1110. The molecule has 0 atom stereocenters. The maximum absolute atomic E-state index is 12.2. The summed E-state index contributed by atoms with van der Waals surface area (Å²) < 4.78 is 11.0. The summed E-state index contributed by atoms with van der Waals surface area (Å²) in [6, 6.07) is 5.26. The lowest BCUT2D eigenvalue weighted by Gasteiger charge is -2.19. The van der Waals surface area contributed by atoms with E-state index in [2.05, 4.69) is 25.4 Å². The third kappa shape index (κ3) is 5.11. The van der Waals surface area contributed by atoms with Gasteiger partial charge in [-0.15, -0.1) is 5.10 Å². The van der Waals surface area contributed by atoms with E-state index in [0.29, 0.717) is 5.52 Å². The van der Waals surface area contributed by atoms with E-state index in [1.54, 1.807) is 45.2 Å². The molecule has 1 aromatic carbocycles. The molecule has 0 bridgehead atoms. The fourth-order valence-corrected chi connectivity index (χ4v) is 3.11. The van der Waals surface area contributed by atoms with Crippen molar-refractivity contribution in [3.63, 3.8) is 0 Å². The minimum atomic E-state index is -0.627. The van der Waals surface area contributed by atoms with Crippen LogP contribution in [0, 0.1) is 0 Å². The van der Waals surface area contributed by atoms with Crippen LogP contribution in [0.15, 0.2) is 45.6 Å². The minimum Gasteiger partial charge on any atom is -0.466 e. The molecule has 156 valence electrons. The largest absolute Gasteiger partial charge is 0.466 e. The number of benzene rings is 1. The molecule has 1 aliphatic heterocycles. The van der Waals surface area contributed by atoms with Gasteiger partial charge < -0.3 is 9.47 Å². The first-order chi connectivity index (χ1) is 14.2. The van der Waals surface area contributed by atoms with Crippen LogP contribution in [0.3, 0.4) is 0 Å². The van der Waals surface area contributed by atoms with Crippen molar-refractivity contribution < 1.29 is 23.9 Å². The summed E-state index contributed by atoms with van der Waals surface area (Å²) in [5.41, 5.74) is 0.694. The molecule has 0 unspecified atom stereocenters. The van der Waals surface area contributed by atoms with Crippen LogP contribution in [-0.4, -0.2) is 51.8 Å². The number of thioether (sulfide) groups is 1. The van der Waals surface area contributed by atoms with Gasteiger partial charge in [0.2, 0.25) is 0 Å². The number of nitrogens with zero attached hydrogens (tertiary/aromatic N) is 4. The highest BCUT2D eigenvalue weighted by atomic mass is 32.2. The lowest BCUT2D eigenvalue weighted by molar-refractivity contribution is -0.135. The first kappa shape index (κ1) is 21.2. The molecular weight excluding hydrogens is 410 g/mol. The molecule has 10 nitrogen and oxygen atoms in total. The quantitative estimate of drug-likeness (QED) is 0.344. The van der Waals surface area contributed by atoms with Gasteiger partial charge in [0.25, 0.3) is 5.91 Å². The third-order valence-electron chi connectivity index (χ3n) is 3.61. The zero-order valence-electron chi connectivity index (χ0n) is 16.7. The summed E-state index contributed by atoms with van der Waals surface area (Å²) in [6.45, 7) is 5.35. The number of nitrogens with one attached hydrogen (secondary N) is 1. The number of methoxy groups -OCH3 is 1. The number of rotatable bonds is 3. The Morgan fingerprint density at radius 3 is 2.77 bits per heavy atom. The molecule has 1 fully saturated rings. The second kappa shape index (κ2) is 8.49. The van der Waals surface area contributed by atoms with Crippen molar-refractivity contribution in [2.75, 3.05) is 7.11 Å². The Hall–Kier alpha value is -3.47. The predicted octanol–water partition coefficient (Wildman–Crippen LogP) is 2.43. The topological polar surface area (TPSA) is 124 Å². The monoisotopic (exact) mass is 429 g/mol. The summed E-state index contributed by atoms with van der Waals surface area (Å²) in [5, 5.41) is 15.4. The Kier molecular flexibility index (Phi) is 6.01. The molecule has 0 saturated carbocycles. The number of aromatic nitrogens is 2. The van der Waals surface area contributed by atoms with Crippen molar-refractivity contribution in [2.45, 2.75) is 26.4 Å². The Morgan fingerprint density at radius 1 is 1.30 bits per heavy atom. The van der Waals surface area contributed by atoms with Crippen molar-refractivity contribution in [2.24, 2.45) is 10.2 Å². The van der Waals surface area contributed by atoms with Gasteiger partial charge in [0.1, 0.15) is 5.60 Å². The number of amides is 1. The third-order valence-corrected chi connectivity index (χ3v) is 4.52. The van der Waals surface area contributed by atoms with E-state index >= 15 is 0 Å². The number of carbonyl (C=O) groups excluding carboxylic acids is 3. The number of carbonyl (C=O) groups is 3. The second-order valence-electron chi connectivity index (χ2n) is 7.09. The fourth-order valence-electron chi connectivity index (χ4n) is 2.37. The predicted molar refractivity (Wildman–Crippen MR) is 112 cm³/mol. The van der Waals surface area contributed by atoms with Crippen LogP contribution in [0.25, 0.3) is 10.9 Å². The zero-order valence-corrected chi connectivity index (χ0v) is 17.5. The molecule has 1 amide bonds. The van der Waals surface area contributed by atoms with E-state index in [9.17, 15) is 14.4 Å². The van der Waals surface area contributed by atoms with Crippen LogP contribution in [-0.2, 0) is 19.1 Å². The lowest BCUT2D eigenvalue weighted by Crippen LogP contribution is -2.27. The van der Waals surface area contributed by atoms with Gasteiger partial charge in [0.15, 0.2) is 5.17 Å². The average Bonchev–Trinajstić information content (AvgIpc) is 3.23. The van der Waals surface area contributed by atoms with Gasteiger partial charge in [-0.3, -0.25) is 10.1 Å². The maximum Gasteiger partial charge on any atom is 0.435 e. The summed E-state index contributed by atoms with van der Waals surface area (Å²) in [6.07, 6.45) is 3.57. The van der Waals surface area contributed by atoms with Crippen molar-refractivity contribution in [3.05, 3.63) is 40.9 Å². The highest BCUT2D eigenvalue weighted by molar-refractivity contribution is 8.18. The number of hydrogen-bond donors (Lipinski definition) is 1. The molecule has 1 aliphatic rings. The molecule has 2 heterocycles. The van der Waals surface area contributed by atoms with E-state index in [1.165, 1.54) is 18.0 Å². The van der Waals surface area contributed by atoms with Crippen molar-refractivity contribution >= 4 is 52.0 Å². The van der Waals surface area contributed by atoms with Crippen LogP contribution in [0.1, 0.15) is 26.3 Å². The molecule has 0 radical (unpaired) electrons. The number of ether oxygens (including phenoxy) is 2. The summed E-state index contributed by atoms with van der Waals surface area (Å²) in [4.78, 5) is 35.4. The van der Waals surface area contributed by atoms with Gasteiger partial charge in [-0.05, 0) is 50.2 Å². The molecule has 0 spiro atoms. The molecule has 3 rings (SSSR count). The second-order valence-corrected chi connectivity index (χ2v) is 8.12. The maximum atomic E-state index is 12.2. The lowest BCUT2D eigenvalue weighted by atomic mass is 10.2. The smallest absolute Gasteiger partial charge is 0.435 e. The fraction of sp³-hybridized carbons (Fsp3) is 0.263. The normalized spacial score (nSPS) is 17.1. The SMILES string of the molecule is COC(=O)/C=C1/S/C(=N\N=Cc2ccc3c(cnn3C(=O)OC(C)(C)C)c2)NC1=O. The van der Waals surface area contributed by atoms with Crippen molar-refractivity contribution in [1.82, 2.24) is 15.1 Å². The molecule has 1 aromatic heterocycles. The average molecular weight is 429 g/mol. The van der Waals surface area contributed by atoms with Crippen LogP contribution >= 0.6 is 11.8 Å².